The van der Waals surface area contributed by atoms with Gasteiger partial charge in [0.1, 0.15) is 6.20 Å². The monoisotopic (exact) mass is 111 g/mol. The third kappa shape index (κ3) is 0.676. The molecule has 0 saturated carbocycles. The van der Waals surface area contributed by atoms with E-state index in [1.807, 2.05) is 0 Å². The Labute approximate surface area is 44.7 Å². The molecule has 0 bridgehead atoms. The molecular formula is C4HNO3. The van der Waals surface area contributed by atoms with E-state index in [-0.39, 0.29) is 5.76 Å². The number of carboxylic acid groups (broad SMARTS) is 1. The first-order valence-electron chi connectivity index (χ1n) is 1.79. The van der Waals surface area contributed by atoms with E-state index in [0.29, 0.717) is 0 Å². The van der Waals surface area contributed by atoms with Crippen LogP contribution in [0.25, 0.3) is 0 Å². The number of aromatic nitrogens is 1. The Morgan fingerprint density at radius 1 is 1.88 bits per heavy atom. The molecule has 0 aliphatic heterocycles. The van der Waals surface area contributed by atoms with Crippen LogP contribution in [0.1, 0.15) is 10.6 Å². The number of carbonyl (C=O) groups is 1. The maximum absolute atomic E-state index is 9.88. The predicted octanol–water partition coefficient (Wildman–Crippen LogP) is -0.0268. The van der Waals surface area contributed by atoms with Gasteiger partial charge in [0.2, 0.25) is 0 Å². The second-order valence-corrected chi connectivity index (χ2v) is 1.05. The average Bonchev–Trinajstić information content (AvgIpc) is 2.12. The smallest absolute Gasteiger partial charge is 0.375 e. The van der Waals surface area contributed by atoms with Crippen molar-refractivity contribution in [2.75, 3.05) is 0 Å². The first kappa shape index (κ1) is 4.83. The second kappa shape index (κ2) is 1.65. The van der Waals surface area contributed by atoms with E-state index in [4.69, 9.17) is 5.11 Å². The van der Waals surface area contributed by atoms with E-state index in [9.17, 15) is 4.79 Å². The summed E-state index contributed by atoms with van der Waals surface area (Å²) in [6, 6.07) is 2.13. The Bertz CT molecular complexity index is 179. The normalized spacial score (nSPS) is 9.00. The molecule has 0 spiro atoms. The summed E-state index contributed by atoms with van der Waals surface area (Å²) >= 11 is 0. The number of hydrogen-bond acceptors (Lipinski definition) is 3. The van der Waals surface area contributed by atoms with Crippen molar-refractivity contribution in [1.29, 1.82) is 0 Å². The van der Waals surface area contributed by atoms with Gasteiger partial charge in [-0.3, -0.25) is 0 Å². The van der Waals surface area contributed by atoms with Crippen molar-refractivity contribution in [2.24, 2.45) is 0 Å². The van der Waals surface area contributed by atoms with Gasteiger partial charge in [-0.05, 0) is 0 Å². The van der Waals surface area contributed by atoms with Crippen LogP contribution in [-0.2, 0) is 0 Å². The lowest BCUT2D eigenvalue weighted by Crippen LogP contribution is -1.91. The lowest BCUT2D eigenvalue weighted by Gasteiger charge is -1.75. The van der Waals surface area contributed by atoms with Crippen LogP contribution in [0, 0.1) is 12.3 Å². The number of rotatable bonds is 1. The number of hydrogen-bond donors (Lipinski definition) is 1. The molecule has 2 radical (unpaired) electrons. The molecule has 40 valence electrons. The fourth-order valence-electron chi connectivity index (χ4n) is 0.257. The third-order valence-corrected chi connectivity index (χ3v) is 0.546. The van der Waals surface area contributed by atoms with E-state index >= 15 is 0 Å². The highest BCUT2D eigenvalue weighted by Crippen LogP contribution is 1.91. The molecule has 0 fully saturated rings. The van der Waals surface area contributed by atoms with E-state index in [1.54, 1.807) is 0 Å². The molecule has 0 saturated heterocycles. The SMILES string of the molecule is O=C(O)c1[c][c]no1. The number of carboxylic acids is 1. The zero-order chi connectivity index (χ0) is 5.98. The van der Waals surface area contributed by atoms with Gasteiger partial charge in [-0.25, -0.2) is 4.79 Å². The minimum atomic E-state index is -1.18. The van der Waals surface area contributed by atoms with Crippen LogP contribution >= 0.6 is 0 Å². The van der Waals surface area contributed by atoms with E-state index < -0.39 is 5.97 Å². The fraction of sp³-hybridized carbons (Fsp3) is 0. The molecule has 0 amide bonds. The molecule has 0 aliphatic carbocycles. The Morgan fingerprint density at radius 3 is 2.88 bits per heavy atom. The molecule has 8 heavy (non-hydrogen) atoms. The van der Waals surface area contributed by atoms with Crippen molar-refractivity contribution in [3.8, 4) is 0 Å². The highest BCUT2D eigenvalue weighted by molar-refractivity contribution is 5.83. The molecule has 1 N–H and O–H groups in total. The Morgan fingerprint density at radius 2 is 2.62 bits per heavy atom. The zero-order valence-electron chi connectivity index (χ0n) is 3.71. The zero-order valence-corrected chi connectivity index (χ0v) is 3.71. The third-order valence-electron chi connectivity index (χ3n) is 0.546. The number of aromatic carboxylic acids is 1. The van der Waals surface area contributed by atoms with Crippen LogP contribution in [-0.4, -0.2) is 16.2 Å². The lowest BCUT2D eigenvalue weighted by molar-refractivity contribution is 0.0651. The van der Waals surface area contributed by atoms with Gasteiger partial charge in [0.05, 0.1) is 6.07 Å². The van der Waals surface area contributed by atoms with Crippen molar-refractivity contribution < 1.29 is 14.4 Å². The van der Waals surface area contributed by atoms with Crippen LogP contribution in [0.2, 0.25) is 0 Å². The van der Waals surface area contributed by atoms with Crippen molar-refractivity contribution in [3.05, 3.63) is 18.0 Å². The molecule has 0 aromatic carbocycles. The summed E-state index contributed by atoms with van der Waals surface area (Å²) in [5, 5.41) is 11.1. The van der Waals surface area contributed by atoms with Gasteiger partial charge < -0.3 is 9.63 Å². The summed E-state index contributed by atoms with van der Waals surface area (Å²) in [4.78, 5) is 9.88. The molecule has 1 rings (SSSR count). The highest BCUT2D eigenvalue weighted by atomic mass is 16.5. The minimum Gasteiger partial charge on any atom is -0.475 e. The Balaban J connectivity index is 2.93. The van der Waals surface area contributed by atoms with Gasteiger partial charge in [-0.1, -0.05) is 5.16 Å². The summed E-state index contributed by atoms with van der Waals surface area (Å²) in [6.07, 6.45) is 2.09. The number of nitrogens with zero attached hydrogens (tertiary/aromatic N) is 1. The highest BCUT2D eigenvalue weighted by Gasteiger charge is 2.05. The van der Waals surface area contributed by atoms with Gasteiger partial charge in [0.25, 0.3) is 5.76 Å². The van der Waals surface area contributed by atoms with Crippen LogP contribution < -0.4 is 0 Å². The molecule has 0 unspecified atom stereocenters. The van der Waals surface area contributed by atoms with Crippen LogP contribution in [0.15, 0.2) is 4.52 Å². The van der Waals surface area contributed by atoms with Crippen LogP contribution in [0.3, 0.4) is 0 Å². The van der Waals surface area contributed by atoms with E-state index in [2.05, 4.69) is 21.9 Å². The summed E-state index contributed by atoms with van der Waals surface area (Å²) in [7, 11) is 0. The molecule has 1 aromatic rings. The topological polar surface area (TPSA) is 63.3 Å². The van der Waals surface area contributed by atoms with Gasteiger partial charge in [0, 0.05) is 0 Å². The van der Waals surface area contributed by atoms with Crippen molar-refractivity contribution >= 4 is 5.97 Å². The summed E-state index contributed by atoms with van der Waals surface area (Å²) in [5.41, 5.74) is 0. The molecule has 1 aromatic heterocycles. The Kier molecular flexibility index (Phi) is 0.997. The fourth-order valence-corrected chi connectivity index (χ4v) is 0.257. The second-order valence-electron chi connectivity index (χ2n) is 1.05. The maximum atomic E-state index is 9.88. The predicted molar refractivity (Wildman–Crippen MR) is 21.1 cm³/mol. The minimum absolute atomic E-state index is 0.315. The molecule has 1 heterocycles. The van der Waals surface area contributed by atoms with E-state index in [0.717, 1.165) is 0 Å². The largest absolute Gasteiger partial charge is 0.475 e. The summed E-state index contributed by atoms with van der Waals surface area (Å²) in [6.45, 7) is 0. The quantitative estimate of drug-likeness (QED) is 0.552. The molecule has 4 nitrogen and oxygen atoms in total. The summed E-state index contributed by atoms with van der Waals surface area (Å²) in [5.74, 6) is -1.50. The average molecular weight is 111 g/mol. The van der Waals surface area contributed by atoms with Gasteiger partial charge in [-0.2, -0.15) is 0 Å². The first-order valence-corrected chi connectivity index (χ1v) is 1.79. The van der Waals surface area contributed by atoms with Gasteiger partial charge in [0.15, 0.2) is 0 Å². The lowest BCUT2D eigenvalue weighted by atomic mass is 10.5. The first-order chi connectivity index (χ1) is 3.80. The standard InChI is InChI=1S/C4HNO3/c6-4(7)3-1-2-5-8-3/h(H,6,7). The van der Waals surface area contributed by atoms with Crippen LogP contribution in [0.4, 0.5) is 0 Å². The Hall–Kier alpha value is -1.32. The van der Waals surface area contributed by atoms with Crippen molar-refractivity contribution in [3.63, 3.8) is 0 Å². The van der Waals surface area contributed by atoms with Gasteiger partial charge >= 0.3 is 5.97 Å². The van der Waals surface area contributed by atoms with E-state index in [1.165, 1.54) is 0 Å². The van der Waals surface area contributed by atoms with Crippen molar-refractivity contribution in [2.45, 2.75) is 0 Å². The summed E-state index contributed by atoms with van der Waals surface area (Å²) < 4.78 is 4.13. The molecule has 4 heteroatoms. The van der Waals surface area contributed by atoms with Crippen molar-refractivity contribution in [1.82, 2.24) is 5.16 Å². The molecular weight excluding hydrogens is 110 g/mol. The van der Waals surface area contributed by atoms with Gasteiger partial charge in [-0.15, -0.1) is 0 Å². The maximum Gasteiger partial charge on any atom is 0.375 e. The molecule has 0 aliphatic rings. The molecule has 0 atom stereocenters. The van der Waals surface area contributed by atoms with Crippen LogP contribution in [0.5, 0.6) is 0 Å².